The highest BCUT2D eigenvalue weighted by atomic mass is 32.2. The molecule has 0 aliphatic heterocycles. The molecule has 1 unspecified atom stereocenters. The van der Waals surface area contributed by atoms with Crippen molar-refractivity contribution in [3.63, 3.8) is 0 Å². The fourth-order valence-corrected chi connectivity index (χ4v) is 4.73. The highest BCUT2D eigenvalue weighted by molar-refractivity contribution is 7.89. The first-order valence-electron chi connectivity index (χ1n) is 9.41. The Morgan fingerprint density at radius 2 is 1.68 bits per heavy atom. The fourth-order valence-electron chi connectivity index (χ4n) is 3.09. The van der Waals surface area contributed by atoms with E-state index in [0.29, 0.717) is 29.7 Å². The van der Waals surface area contributed by atoms with Crippen LogP contribution in [0.25, 0.3) is 0 Å². The quantitative estimate of drug-likeness (QED) is 0.635. The van der Waals surface area contributed by atoms with Crippen molar-refractivity contribution in [2.24, 2.45) is 11.8 Å². The first-order valence-corrected chi connectivity index (χ1v) is 10.9. The Bertz CT molecular complexity index is 596. The lowest BCUT2D eigenvalue weighted by molar-refractivity contribution is 0.160. The summed E-state index contributed by atoms with van der Waals surface area (Å²) in [5.74, 6) is 0.792. The molecule has 0 saturated carbocycles. The molecule has 144 valence electrons. The second kappa shape index (κ2) is 10.3. The van der Waals surface area contributed by atoms with Crippen LogP contribution in [0, 0.1) is 18.8 Å². The minimum Gasteiger partial charge on any atom is -0.395 e. The molecule has 4 nitrogen and oxygen atoms in total. The van der Waals surface area contributed by atoms with Gasteiger partial charge >= 0.3 is 0 Å². The normalized spacial score (nSPS) is 14.9. The van der Waals surface area contributed by atoms with Gasteiger partial charge in [-0.3, -0.25) is 0 Å². The molecule has 0 spiro atoms. The van der Waals surface area contributed by atoms with E-state index in [1.54, 1.807) is 12.1 Å². The number of nitrogens with zero attached hydrogens (tertiary/aromatic N) is 1. The number of hydrogen-bond acceptors (Lipinski definition) is 3. The molecule has 0 amide bonds. The van der Waals surface area contributed by atoms with E-state index in [1.165, 1.54) is 4.31 Å². The molecule has 0 aliphatic rings. The van der Waals surface area contributed by atoms with E-state index >= 15 is 0 Å². The number of aryl methyl sites for hydroxylation is 1. The largest absolute Gasteiger partial charge is 0.395 e. The molecule has 1 aromatic carbocycles. The molecule has 0 fully saturated rings. The fraction of sp³-hybridized carbons (Fsp3) is 0.700. The van der Waals surface area contributed by atoms with Gasteiger partial charge in [-0.2, -0.15) is 4.31 Å². The van der Waals surface area contributed by atoms with E-state index in [-0.39, 0.29) is 12.6 Å². The summed E-state index contributed by atoms with van der Waals surface area (Å²) in [6.07, 6.45) is 3.58. The van der Waals surface area contributed by atoms with E-state index < -0.39 is 10.0 Å². The monoisotopic (exact) mass is 369 g/mol. The molecule has 0 bridgehead atoms. The van der Waals surface area contributed by atoms with Gasteiger partial charge in [-0.15, -0.1) is 0 Å². The maximum Gasteiger partial charge on any atom is 0.243 e. The van der Waals surface area contributed by atoms with E-state index in [4.69, 9.17) is 0 Å². The first kappa shape index (κ1) is 22.1. The highest BCUT2D eigenvalue weighted by Gasteiger charge is 2.31. The molecule has 0 heterocycles. The molecule has 0 saturated heterocycles. The van der Waals surface area contributed by atoms with Crippen LogP contribution in [0.5, 0.6) is 0 Å². The van der Waals surface area contributed by atoms with Crippen LogP contribution in [-0.2, 0) is 10.0 Å². The average molecular weight is 370 g/mol. The number of sulfonamides is 1. The van der Waals surface area contributed by atoms with Gasteiger partial charge in [0.15, 0.2) is 0 Å². The number of aliphatic hydroxyl groups excluding tert-OH is 1. The number of hydrogen-bond donors (Lipinski definition) is 1. The summed E-state index contributed by atoms with van der Waals surface area (Å²) in [6, 6.07) is 6.60. The molecule has 2 atom stereocenters. The van der Waals surface area contributed by atoms with Crippen molar-refractivity contribution in [1.82, 2.24) is 4.31 Å². The molecule has 0 aliphatic carbocycles. The second-order valence-corrected chi connectivity index (χ2v) is 9.47. The Balaban J connectivity index is 3.13. The van der Waals surface area contributed by atoms with Gasteiger partial charge in [0.2, 0.25) is 10.0 Å². The average Bonchev–Trinajstić information content (AvgIpc) is 2.54. The Morgan fingerprint density at radius 3 is 2.16 bits per heavy atom. The van der Waals surface area contributed by atoms with Crippen molar-refractivity contribution < 1.29 is 13.5 Å². The Morgan fingerprint density at radius 1 is 1.08 bits per heavy atom. The molecule has 25 heavy (non-hydrogen) atoms. The van der Waals surface area contributed by atoms with Gasteiger partial charge in [0, 0.05) is 12.6 Å². The van der Waals surface area contributed by atoms with Gasteiger partial charge in [-0.1, -0.05) is 58.2 Å². The van der Waals surface area contributed by atoms with Crippen LogP contribution in [0.4, 0.5) is 0 Å². The third-order valence-corrected chi connectivity index (χ3v) is 6.59. The van der Waals surface area contributed by atoms with Crippen LogP contribution in [0.2, 0.25) is 0 Å². The van der Waals surface area contributed by atoms with Crippen LogP contribution < -0.4 is 0 Å². The maximum absolute atomic E-state index is 13.2. The Kier molecular flexibility index (Phi) is 9.11. The molecule has 0 radical (unpaired) electrons. The van der Waals surface area contributed by atoms with Gasteiger partial charge in [-0.25, -0.2) is 8.42 Å². The van der Waals surface area contributed by atoms with Gasteiger partial charge in [0.25, 0.3) is 0 Å². The predicted octanol–water partition coefficient (Wildman–Crippen LogP) is 4.22. The standard InChI is InChI=1S/C20H35NO3S/c1-6-7-18(5)14-19(15-22)21(13-12-16(2)3)25(23,24)20-10-8-17(4)9-11-20/h8-11,16,18-19,22H,6-7,12-15H2,1-5H3/t18?,19-/m0/s1. The summed E-state index contributed by atoms with van der Waals surface area (Å²) >= 11 is 0. The van der Waals surface area contributed by atoms with Crippen LogP contribution >= 0.6 is 0 Å². The SMILES string of the molecule is CCCC(C)C[C@@H](CO)N(CCC(C)C)S(=O)(=O)c1ccc(C)cc1. The van der Waals surface area contributed by atoms with E-state index in [1.807, 2.05) is 19.1 Å². The van der Waals surface area contributed by atoms with Crippen LogP contribution in [0.3, 0.4) is 0 Å². The third kappa shape index (κ3) is 6.72. The molecule has 1 rings (SSSR count). The molecular formula is C20H35NO3S. The Hall–Kier alpha value is -0.910. The maximum atomic E-state index is 13.2. The zero-order chi connectivity index (χ0) is 19.0. The molecule has 1 N–H and O–H groups in total. The van der Waals surface area contributed by atoms with Crippen molar-refractivity contribution >= 4 is 10.0 Å². The Labute approximate surface area is 154 Å². The van der Waals surface area contributed by atoms with Gasteiger partial charge < -0.3 is 5.11 Å². The molecule has 0 aromatic heterocycles. The minimum absolute atomic E-state index is 0.142. The first-order chi connectivity index (χ1) is 11.7. The zero-order valence-electron chi connectivity index (χ0n) is 16.4. The zero-order valence-corrected chi connectivity index (χ0v) is 17.2. The third-order valence-electron chi connectivity index (χ3n) is 4.63. The summed E-state index contributed by atoms with van der Waals surface area (Å²) in [5.41, 5.74) is 1.03. The summed E-state index contributed by atoms with van der Waals surface area (Å²) in [4.78, 5) is 0.309. The molecular weight excluding hydrogens is 334 g/mol. The van der Waals surface area contributed by atoms with Gasteiger partial charge in [0.1, 0.15) is 0 Å². The summed E-state index contributed by atoms with van der Waals surface area (Å²) in [5, 5.41) is 9.93. The lowest BCUT2D eigenvalue weighted by Gasteiger charge is -2.32. The van der Waals surface area contributed by atoms with Crippen LogP contribution in [0.15, 0.2) is 29.2 Å². The van der Waals surface area contributed by atoms with Crippen LogP contribution in [0.1, 0.15) is 58.9 Å². The lowest BCUT2D eigenvalue weighted by atomic mass is 9.97. The second-order valence-electron chi connectivity index (χ2n) is 7.58. The van der Waals surface area contributed by atoms with Gasteiger partial charge in [-0.05, 0) is 43.7 Å². The lowest BCUT2D eigenvalue weighted by Crippen LogP contribution is -2.44. The van der Waals surface area contributed by atoms with Crippen molar-refractivity contribution in [1.29, 1.82) is 0 Å². The summed E-state index contributed by atoms with van der Waals surface area (Å²) in [7, 11) is -3.61. The number of benzene rings is 1. The molecule has 5 heteroatoms. The van der Waals surface area contributed by atoms with E-state index in [9.17, 15) is 13.5 Å². The van der Waals surface area contributed by atoms with Crippen molar-refractivity contribution in [2.45, 2.75) is 71.2 Å². The molecule has 1 aromatic rings. The summed E-state index contributed by atoms with van der Waals surface area (Å²) in [6.45, 7) is 10.7. The number of aliphatic hydroxyl groups is 1. The highest BCUT2D eigenvalue weighted by Crippen LogP contribution is 2.24. The summed E-state index contributed by atoms with van der Waals surface area (Å²) < 4.78 is 28.0. The van der Waals surface area contributed by atoms with Crippen molar-refractivity contribution in [3.05, 3.63) is 29.8 Å². The van der Waals surface area contributed by atoms with Crippen molar-refractivity contribution in [2.75, 3.05) is 13.2 Å². The number of rotatable bonds is 11. The van der Waals surface area contributed by atoms with Gasteiger partial charge in [0.05, 0.1) is 11.5 Å². The predicted molar refractivity (Wildman–Crippen MR) is 104 cm³/mol. The topological polar surface area (TPSA) is 57.6 Å². The van der Waals surface area contributed by atoms with E-state index in [2.05, 4.69) is 27.7 Å². The minimum atomic E-state index is -3.61. The smallest absolute Gasteiger partial charge is 0.243 e. The van der Waals surface area contributed by atoms with Crippen LogP contribution in [-0.4, -0.2) is 37.0 Å². The van der Waals surface area contributed by atoms with E-state index in [0.717, 1.165) is 24.8 Å². The van der Waals surface area contributed by atoms with Crippen molar-refractivity contribution in [3.8, 4) is 0 Å².